The van der Waals surface area contributed by atoms with E-state index in [-0.39, 0.29) is 21.5 Å². The van der Waals surface area contributed by atoms with Gasteiger partial charge in [0.15, 0.2) is 10.7 Å². The van der Waals surface area contributed by atoms with Crippen molar-refractivity contribution in [1.82, 2.24) is 10.1 Å². The minimum Gasteiger partial charge on any atom is -0.356 e. The van der Waals surface area contributed by atoms with Crippen LogP contribution in [0.2, 0.25) is 0 Å². The highest BCUT2D eigenvalue weighted by Crippen LogP contribution is 2.22. The predicted octanol–water partition coefficient (Wildman–Crippen LogP) is 3.03. The quantitative estimate of drug-likeness (QED) is 0.442. The van der Waals surface area contributed by atoms with Crippen LogP contribution in [0.15, 0.2) is 69.5 Å². The van der Waals surface area contributed by atoms with E-state index < -0.39 is 20.0 Å². The van der Waals surface area contributed by atoms with Gasteiger partial charge in [0.2, 0.25) is 10.0 Å². The fourth-order valence-electron chi connectivity index (χ4n) is 2.59. The number of hydrogen-bond donors (Lipinski definition) is 2. The maximum atomic E-state index is 12.5. The number of thiazole rings is 1. The summed E-state index contributed by atoms with van der Waals surface area (Å²) in [6.45, 7) is 0. The van der Waals surface area contributed by atoms with Gasteiger partial charge in [-0.25, -0.2) is 21.8 Å². The van der Waals surface area contributed by atoms with Crippen molar-refractivity contribution in [3.63, 3.8) is 0 Å². The zero-order valence-corrected chi connectivity index (χ0v) is 17.1. The first kappa shape index (κ1) is 19.4. The molecule has 0 aliphatic rings. The molecule has 0 atom stereocenters. The lowest BCUT2D eigenvalue weighted by molar-refractivity contribution is 0.448. The number of nitrogens with one attached hydrogen (secondary N) is 2. The van der Waals surface area contributed by atoms with Gasteiger partial charge in [-0.05, 0) is 36.4 Å². The van der Waals surface area contributed by atoms with Crippen molar-refractivity contribution in [2.45, 2.75) is 10.6 Å². The monoisotopic (exact) mass is 450 g/mol. The third-order valence-corrected chi connectivity index (χ3v) is 7.24. The third kappa shape index (κ3) is 4.39. The Bertz CT molecular complexity index is 1350. The topological polar surface area (TPSA) is 131 Å². The van der Waals surface area contributed by atoms with Crippen molar-refractivity contribution >= 4 is 53.2 Å². The molecule has 2 aromatic carbocycles. The number of anilines is 2. The molecule has 0 saturated heterocycles. The van der Waals surface area contributed by atoms with E-state index in [1.54, 1.807) is 29.6 Å². The molecule has 12 heteroatoms. The van der Waals surface area contributed by atoms with Crippen molar-refractivity contribution in [1.29, 1.82) is 0 Å². The average Bonchev–Trinajstić information content (AvgIpc) is 3.31. The van der Waals surface area contributed by atoms with Crippen LogP contribution in [-0.2, 0) is 25.8 Å². The SMILES string of the molecule is O=S(=O)(Cc1noc2ccccc12)Nc1ccc(S(=O)(=O)Nc2nccs2)cc1. The lowest BCUT2D eigenvalue weighted by Gasteiger charge is -2.09. The second kappa shape index (κ2) is 7.46. The number of nitrogens with zero attached hydrogens (tertiary/aromatic N) is 2. The van der Waals surface area contributed by atoms with Crippen molar-refractivity contribution in [2.75, 3.05) is 9.44 Å². The van der Waals surface area contributed by atoms with E-state index in [1.165, 1.54) is 30.5 Å². The zero-order chi connectivity index (χ0) is 20.5. The molecule has 0 saturated carbocycles. The molecule has 2 heterocycles. The van der Waals surface area contributed by atoms with Crippen molar-refractivity contribution in [3.05, 3.63) is 65.8 Å². The minimum absolute atomic E-state index is 0.0156. The average molecular weight is 451 g/mol. The lowest BCUT2D eigenvalue weighted by atomic mass is 10.2. The van der Waals surface area contributed by atoms with Crippen LogP contribution in [0, 0.1) is 0 Å². The molecule has 4 aromatic rings. The van der Waals surface area contributed by atoms with Crippen molar-refractivity contribution < 1.29 is 21.4 Å². The summed E-state index contributed by atoms with van der Waals surface area (Å²) < 4.78 is 59.5. The van der Waals surface area contributed by atoms with Gasteiger partial charge in [-0.2, -0.15) is 0 Å². The Labute approximate surface area is 170 Å². The van der Waals surface area contributed by atoms with Gasteiger partial charge in [0, 0.05) is 22.7 Å². The molecule has 0 amide bonds. The lowest BCUT2D eigenvalue weighted by Crippen LogP contribution is -2.16. The van der Waals surface area contributed by atoms with E-state index in [0.29, 0.717) is 16.7 Å². The number of aromatic nitrogens is 2. The van der Waals surface area contributed by atoms with Gasteiger partial charge in [0.1, 0.15) is 11.4 Å². The van der Waals surface area contributed by atoms with Gasteiger partial charge in [-0.1, -0.05) is 17.3 Å². The standard InChI is InChI=1S/C17H14N4O5S3/c22-28(23,11-15-14-3-1-2-4-16(14)26-19-15)20-12-5-7-13(8-6-12)29(24,25)21-17-18-9-10-27-17/h1-10,20H,11H2,(H,18,21). The summed E-state index contributed by atoms with van der Waals surface area (Å²) in [6.07, 6.45) is 1.48. The first-order chi connectivity index (χ1) is 13.8. The van der Waals surface area contributed by atoms with Crippen molar-refractivity contribution in [3.8, 4) is 0 Å². The molecule has 4 rings (SSSR count). The Hall–Kier alpha value is -2.96. The number of para-hydroxylation sites is 1. The van der Waals surface area contributed by atoms with Crippen LogP contribution in [0.4, 0.5) is 10.8 Å². The molecule has 150 valence electrons. The van der Waals surface area contributed by atoms with Gasteiger partial charge in [-0.3, -0.25) is 9.44 Å². The molecule has 2 aromatic heterocycles. The molecule has 2 N–H and O–H groups in total. The highest BCUT2D eigenvalue weighted by Gasteiger charge is 2.19. The smallest absolute Gasteiger partial charge is 0.263 e. The first-order valence-electron chi connectivity index (χ1n) is 8.19. The fourth-order valence-corrected chi connectivity index (χ4v) is 5.51. The zero-order valence-electron chi connectivity index (χ0n) is 14.6. The van der Waals surface area contributed by atoms with E-state index in [4.69, 9.17) is 4.52 Å². The Morgan fingerprint density at radius 3 is 2.45 bits per heavy atom. The molecule has 0 radical (unpaired) electrons. The summed E-state index contributed by atoms with van der Waals surface area (Å²) in [6, 6.07) is 12.3. The third-order valence-electron chi connectivity index (χ3n) is 3.87. The van der Waals surface area contributed by atoms with E-state index in [1.807, 2.05) is 0 Å². The largest absolute Gasteiger partial charge is 0.356 e. The van der Waals surface area contributed by atoms with Gasteiger partial charge >= 0.3 is 0 Å². The summed E-state index contributed by atoms with van der Waals surface area (Å²) in [7, 11) is -7.60. The highest BCUT2D eigenvalue weighted by atomic mass is 32.2. The summed E-state index contributed by atoms with van der Waals surface area (Å²) in [5.74, 6) is -0.379. The molecule has 0 fully saturated rings. The van der Waals surface area contributed by atoms with Crippen LogP contribution in [0.3, 0.4) is 0 Å². The molecule has 0 unspecified atom stereocenters. The van der Waals surface area contributed by atoms with Crippen molar-refractivity contribution in [2.24, 2.45) is 0 Å². The van der Waals surface area contributed by atoms with Crippen LogP contribution in [0.5, 0.6) is 0 Å². The Kier molecular flexibility index (Phi) is 4.98. The van der Waals surface area contributed by atoms with Crippen LogP contribution >= 0.6 is 11.3 Å². The Morgan fingerprint density at radius 1 is 0.966 bits per heavy atom. The van der Waals surface area contributed by atoms with E-state index in [9.17, 15) is 16.8 Å². The maximum absolute atomic E-state index is 12.5. The van der Waals surface area contributed by atoms with Crippen LogP contribution < -0.4 is 9.44 Å². The second-order valence-electron chi connectivity index (χ2n) is 5.95. The maximum Gasteiger partial charge on any atom is 0.263 e. The predicted molar refractivity (Wildman–Crippen MR) is 110 cm³/mol. The molecule has 0 spiro atoms. The van der Waals surface area contributed by atoms with Crippen LogP contribution in [-0.4, -0.2) is 27.0 Å². The second-order valence-corrected chi connectivity index (χ2v) is 10.3. The van der Waals surface area contributed by atoms with E-state index in [2.05, 4.69) is 19.6 Å². The number of hydrogen-bond acceptors (Lipinski definition) is 8. The van der Waals surface area contributed by atoms with Gasteiger partial charge in [-0.15, -0.1) is 11.3 Å². The summed E-state index contributed by atoms with van der Waals surface area (Å²) >= 11 is 1.15. The first-order valence-corrected chi connectivity index (χ1v) is 12.2. The molecule has 0 bridgehead atoms. The Balaban J connectivity index is 1.49. The molecular weight excluding hydrogens is 436 g/mol. The minimum atomic E-state index is -3.81. The number of benzene rings is 2. The molecule has 0 aliphatic heterocycles. The fraction of sp³-hybridized carbons (Fsp3) is 0.0588. The Morgan fingerprint density at radius 2 is 1.72 bits per heavy atom. The highest BCUT2D eigenvalue weighted by molar-refractivity contribution is 7.93. The molecule has 0 aliphatic carbocycles. The van der Waals surface area contributed by atoms with Gasteiger partial charge in [0.05, 0.1) is 4.90 Å². The van der Waals surface area contributed by atoms with Gasteiger partial charge < -0.3 is 4.52 Å². The van der Waals surface area contributed by atoms with Gasteiger partial charge in [0.25, 0.3) is 10.0 Å². The van der Waals surface area contributed by atoms with Crippen LogP contribution in [0.25, 0.3) is 11.0 Å². The number of fused-ring (bicyclic) bond motifs is 1. The normalized spacial score (nSPS) is 12.1. The summed E-state index contributed by atoms with van der Waals surface area (Å²) in [5, 5.41) is 6.33. The molecular formula is C17H14N4O5S3. The molecule has 29 heavy (non-hydrogen) atoms. The summed E-state index contributed by atoms with van der Waals surface area (Å²) in [4.78, 5) is 3.86. The molecule has 9 nitrogen and oxygen atoms in total. The van der Waals surface area contributed by atoms with E-state index in [0.717, 1.165) is 11.3 Å². The number of rotatable bonds is 7. The van der Waals surface area contributed by atoms with Crippen LogP contribution in [0.1, 0.15) is 5.69 Å². The summed E-state index contributed by atoms with van der Waals surface area (Å²) in [5.41, 5.74) is 1.02. The number of sulfonamides is 2. The van der Waals surface area contributed by atoms with E-state index >= 15 is 0 Å².